The average Bonchev–Trinajstić information content (AvgIpc) is 2.94. The van der Waals surface area contributed by atoms with Gasteiger partial charge in [0.25, 0.3) is 0 Å². The minimum atomic E-state index is -4.94. The molecule has 0 fully saturated rings. The molecule has 130 valence electrons. The molecule has 0 spiro atoms. The van der Waals surface area contributed by atoms with Crippen molar-refractivity contribution in [1.29, 1.82) is 0 Å². The van der Waals surface area contributed by atoms with Crippen LogP contribution in [0.25, 0.3) is 16.3 Å². The number of aromatic nitrogens is 1. The number of carbonyl (C=O) groups is 1. The van der Waals surface area contributed by atoms with Gasteiger partial charge in [0.15, 0.2) is 5.82 Å². The molecule has 0 radical (unpaired) electrons. The van der Waals surface area contributed by atoms with E-state index in [1.54, 1.807) is 42.5 Å². The first-order valence-corrected chi connectivity index (χ1v) is 7.78. The van der Waals surface area contributed by atoms with Crippen molar-refractivity contribution in [2.75, 3.05) is 0 Å². The molecule has 0 unspecified atom stereocenters. The van der Waals surface area contributed by atoms with Gasteiger partial charge in [0.1, 0.15) is 11.3 Å². The molecule has 0 amide bonds. The predicted molar refractivity (Wildman–Crippen MR) is 89.7 cm³/mol. The van der Waals surface area contributed by atoms with Crippen molar-refractivity contribution in [2.24, 2.45) is 0 Å². The van der Waals surface area contributed by atoms with E-state index in [-0.39, 0.29) is 16.5 Å². The molecule has 0 N–H and O–H groups in total. The Bertz CT molecular complexity index is 1140. The van der Waals surface area contributed by atoms with E-state index in [4.69, 9.17) is 0 Å². The third kappa shape index (κ3) is 2.37. The van der Waals surface area contributed by atoms with Gasteiger partial charge in [0.05, 0.1) is 5.52 Å². The highest BCUT2D eigenvalue weighted by molar-refractivity contribution is 6.11. The summed E-state index contributed by atoms with van der Waals surface area (Å²) in [6.07, 6.45) is -3.64. The zero-order valence-electron chi connectivity index (χ0n) is 13.2. The second-order valence-electron chi connectivity index (χ2n) is 5.85. The van der Waals surface area contributed by atoms with Crippen LogP contribution in [0.4, 0.5) is 17.6 Å². The van der Waals surface area contributed by atoms with Gasteiger partial charge in [-0.25, -0.2) is 4.39 Å². The van der Waals surface area contributed by atoms with Crippen molar-refractivity contribution in [3.8, 4) is 0 Å². The standard InChI is InChI=1S/C20H11F4NO/c21-16-15(20(22,23)24)17-14-9-5-4-6-12(14)10-11-25(17)18(16)19(26)13-7-2-1-3-8-13/h1-11H. The summed E-state index contributed by atoms with van der Waals surface area (Å²) in [7, 11) is 0. The van der Waals surface area contributed by atoms with E-state index < -0.39 is 29.0 Å². The predicted octanol–water partition coefficient (Wildman–Crippen LogP) is 5.48. The highest BCUT2D eigenvalue weighted by Gasteiger charge is 2.41. The van der Waals surface area contributed by atoms with Gasteiger partial charge in [-0.3, -0.25) is 4.79 Å². The molecule has 0 atom stereocenters. The number of halogens is 4. The van der Waals surface area contributed by atoms with Crippen LogP contribution < -0.4 is 0 Å². The first-order valence-electron chi connectivity index (χ1n) is 7.78. The van der Waals surface area contributed by atoms with Crippen LogP contribution >= 0.6 is 0 Å². The van der Waals surface area contributed by atoms with Crippen molar-refractivity contribution < 1.29 is 22.4 Å². The summed E-state index contributed by atoms with van der Waals surface area (Å²) in [6.45, 7) is 0. The quantitative estimate of drug-likeness (QED) is 0.344. The van der Waals surface area contributed by atoms with Gasteiger partial charge in [0.2, 0.25) is 5.78 Å². The summed E-state index contributed by atoms with van der Waals surface area (Å²) in [5.74, 6) is -2.36. The molecule has 4 rings (SSSR count). The lowest BCUT2D eigenvalue weighted by molar-refractivity contribution is -0.138. The Balaban J connectivity index is 2.14. The molecular formula is C20H11F4NO. The lowest BCUT2D eigenvalue weighted by Crippen LogP contribution is -2.09. The van der Waals surface area contributed by atoms with E-state index in [9.17, 15) is 22.4 Å². The summed E-state index contributed by atoms with van der Waals surface area (Å²) in [4.78, 5) is 12.7. The molecule has 0 bridgehead atoms. The van der Waals surface area contributed by atoms with Crippen LogP contribution in [0.15, 0.2) is 66.9 Å². The molecule has 2 aromatic heterocycles. The fraction of sp³-hybridized carbons (Fsp3) is 0.0500. The molecule has 2 nitrogen and oxygen atoms in total. The highest BCUT2D eigenvalue weighted by Crippen LogP contribution is 2.40. The zero-order valence-corrected chi connectivity index (χ0v) is 13.2. The lowest BCUT2D eigenvalue weighted by atomic mass is 10.1. The topological polar surface area (TPSA) is 21.5 Å². The maximum atomic E-state index is 14.9. The third-order valence-corrected chi connectivity index (χ3v) is 4.30. The zero-order chi connectivity index (χ0) is 18.5. The van der Waals surface area contributed by atoms with Gasteiger partial charge >= 0.3 is 6.18 Å². The second-order valence-corrected chi connectivity index (χ2v) is 5.85. The number of carbonyl (C=O) groups excluding carboxylic acids is 1. The van der Waals surface area contributed by atoms with Crippen LogP contribution in [-0.2, 0) is 6.18 Å². The smallest absolute Gasteiger partial charge is 0.310 e. The molecule has 0 saturated heterocycles. The average molecular weight is 357 g/mol. The number of rotatable bonds is 2. The first kappa shape index (κ1) is 16.3. The molecule has 0 saturated carbocycles. The number of fused-ring (bicyclic) bond motifs is 3. The number of benzene rings is 2. The SMILES string of the molecule is O=C(c1ccccc1)c1c(F)c(C(F)(F)F)c2c3ccccc3ccn12. The Kier molecular flexibility index (Phi) is 3.57. The number of hydrogen-bond acceptors (Lipinski definition) is 1. The normalized spacial score (nSPS) is 12.0. The Morgan fingerprint density at radius 1 is 0.885 bits per heavy atom. The van der Waals surface area contributed by atoms with E-state index in [0.29, 0.717) is 5.39 Å². The number of nitrogens with zero attached hydrogens (tertiary/aromatic N) is 1. The Hall–Kier alpha value is -3.15. The van der Waals surface area contributed by atoms with Crippen LogP contribution in [0, 0.1) is 5.82 Å². The fourth-order valence-electron chi connectivity index (χ4n) is 3.18. The van der Waals surface area contributed by atoms with Crippen LogP contribution in [0.5, 0.6) is 0 Å². The van der Waals surface area contributed by atoms with Crippen molar-refractivity contribution in [3.05, 3.63) is 89.5 Å². The molecule has 0 aliphatic heterocycles. The lowest BCUT2D eigenvalue weighted by Gasteiger charge is -2.08. The summed E-state index contributed by atoms with van der Waals surface area (Å²) >= 11 is 0. The maximum Gasteiger partial charge on any atom is 0.421 e. The van der Waals surface area contributed by atoms with Gasteiger partial charge in [-0.2, -0.15) is 13.2 Å². The van der Waals surface area contributed by atoms with Crippen molar-refractivity contribution >= 4 is 22.1 Å². The molecule has 4 aromatic rings. The molecule has 0 aliphatic rings. The van der Waals surface area contributed by atoms with E-state index in [1.165, 1.54) is 24.4 Å². The van der Waals surface area contributed by atoms with Gasteiger partial charge in [-0.1, -0.05) is 54.6 Å². The Morgan fingerprint density at radius 3 is 2.23 bits per heavy atom. The molecule has 2 aromatic carbocycles. The maximum absolute atomic E-state index is 14.9. The van der Waals surface area contributed by atoms with E-state index in [0.717, 1.165) is 4.40 Å². The van der Waals surface area contributed by atoms with Gasteiger partial charge in [-0.15, -0.1) is 0 Å². The minimum absolute atomic E-state index is 0.118. The summed E-state index contributed by atoms with van der Waals surface area (Å²) < 4.78 is 56.7. The van der Waals surface area contributed by atoms with Gasteiger partial charge in [-0.05, 0) is 11.5 Å². The summed E-state index contributed by atoms with van der Waals surface area (Å²) in [5, 5.41) is 0.759. The number of pyridine rings is 1. The van der Waals surface area contributed by atoms with Crippen LogP contribution in [0.3, 0.4) is 0 Å². The Labute approximate surface area is 145 Å². The summed E-state index contributed by atoms with van der Waals surface area (Å²) in [5.41, 5.74) is -2.28. The second kappa shape index (κ2) is 5.69. The Morgan fingerprint density at radius 2 is 1.54 bits per heavy atom. The molecule has 26 heavy (non-hydrogen) atoms. The number of hydrogen-bond donors (Lipinski definition) is 0. The van der Waals surface area contributed by atoms with Gasteiger partial charge < -0.3 is 4.40 Å². The molecule has 2 heterocycles. The van der Waals surface area contributed by atoms with E-state index in [2.05, 4.69) is 0 Å². The van der Waals surface area contributed by atoms with Crippen LogP contribution in [0.1, 0.15) is 21.6 Å². The van der Waals surface area contributed by atoms with Crippen LogP contribution in [-0.4, -0.2) is 10.2 Å². The third-order valence-electron chi connectivity index (χ3n) is 4.30. The van der Waals surface area contributed by atoms with Crippen molar-refractivity contribution in [1.82, 2.24) is 4.40 Å². The minimum Gasteiger partial charge on any atom is -0.310 e. The largest absolute Gasteiger partial charge is 0.421 e. The van der Waals surface area contributed by atoms with Crippen molar-refractivity contribution in [3.63, 3.8) is 0 Å². The fourth-order valence-corrected chi connectivity index (χ4v) is 3.18. The molecule has 0 aliphatic carbocycles. The highest BCUT2D eigenvalue weighted by atomic mass is 19.4. The van der Waals surface area contributed by atoms with Gasteiger partial charge in [0, 0.05) is 17.1 Å². The molecular weight excluding hydrogens is 346 g/mol. The van der Waals surface area contributed by atoms with Crippen molar-refractivity contribution in [2.45, 2.75) is 6.18 Å². The van der Waals surface area contributed by atoms with Crippen LogP contribution in [0.2, 0.25) is 0 Å². The van der Waals surface area contributed by atoms with E-state index >= 15 is 0 Å². The summed E-state index contributed by atoms with van der Waals surface area (Å²) in [6, 6.07) is 15.6. The monoisotopic (exact) mass is 357 g/mol. The first-order chi connectivity index (χ1) is 12.4. The number of ketones is 1. The number of alkyl halides is 3. The molecule has 6 heteroatoms. The van der Waals surface area contributed by atoms with E-state index in [1.807, 2.05) is 0 Å².